The smallest absolute Gasteiger partial charge is 0.144 e. The zero-order valence-electron chi connectivity index (χ0n) is 8.65. The third-order valence-corrected chi connectivity index (χ3v) is 2.12. The Morgan fingerprint density at radius 3 is 2.71 bits per heavy atom. The fourth-order valence-electron chi connectivity index (χ4n) is 1.32. The molecule has 0 saturated heterocycles. The molecule has 2 N–H and O–H groups in total. The van der Waals surface area contributed by atoms with Gasteiger partial charge < -0.3 is 15.4 Å². The van der Waals surface area contributed by atoms with Crippen LogP contribution in [0.5, 0.6) is 5.75 Å². The van der Waals surface area contributed by atoms with E-state index >= 15 is 0 Å². The first-order chi connectivity index (χ1) is 6.69. The van der Waals surface area contributed by atoms with Gasteiger partial charge >= 0.3 is 0 Å². The summed E-state index contributed by atoms with van der Waals surface area (Å²) < 4.78 is 5.28. The predicted molar refractivity (Wildman–Crippen MR) is 60.3 cm³/mol. The number of hydrogen-bond acceptors (Lipinski definition) is 3. The van der Waals surface area contributed by atoms with E-state index in [2.05, 4.69) is 10.6 Å². The maximum absolute atomic E-state index is 5.94. The molecule has 0 aliphatic carbocycles. The van der Waals surface area contributed by atoms with Crippen LogP contribution in [0, 0.1) is 6.92 Å². The molecule has 0 fully saturated rings. The Morgan fingerprint density at radius 2 is 2.14 bits per heavy atom. The molecule has 0 aliphatic heterocycles. The molecule has 1 rings (SSSR count). The molecule has 0 radical (unpaired) electrons. The van der Waals surface area contributed by atoms with E-state index in [1.807, 2.05) is 26.1 Å². The SMILES string of the molecule is CNCNc1cc(Cl)cc(C)c1OC. The van der Waals surface area contributed by atoms with Crippen LogP contribution in [-0.2, 0) is 0 Å². The van der Waals surface area contributed by atoms with Crippen LogP contribution < -0.4 is 15.4 Å². The number of methoxy groups -OCH3 is 1. The molecule has 1 aromatic carbocycles. The van der Waals surface area contributed by atoms with Crippen LogP contribution in [0.4, 0.5) is 5.69 Å². The summed E-state index contributed by atoms with van der Waals surface area (Å²) in [5.74, 6) is 0.838. The standard InChI is InChI=1S/C10H15ClN2O/c1-7-4-8(11)5-9(10(7)14-3)13-6-12-2/h4-5,12-13H,6H2,1-3H3. The summed E-state index contributed by atoms with van der Waals surface area (Å²) in [6.45, 7) is 2.64. The molecule has 0 saturated carbocycles. The quantitative estimate of drug-likeness (QED) is 0.755. The highest BCUT2D eigenvalue weighted by Gasteiger charge is 2.06. The second-order valence-corrected chi connectivity index (χ2v) is 3.45. The van der Waals surface area contributed by atoms with Gasteiger partial charge in [-0.25, -0.2) is 0 Å². The first-order valence-corrected chi connectivity index (χ1v) is 4.79. The Balaban J connectivity index is 2.99. The Morgan fingerprint density at radius 1 is 1.43 bits per heavy atom. The van der Waals surface area contributed by atoms with Crippen molar-refractivity contribution < 1.29 is 4.74 Å². The lowest BCUT2D eigenvalue weighted by atomic mass is 10.2. The number of nitrogens with one attached hydrogen (secondary N) is 2. The monoisotopic (exact) mass is 214 g/mol. The van der Waals surface area contributed by atoms with Crippen LogP contribution in [0.1, 0.15) is 5.56 Å². The minimum atomic E-state index is 0.677. The van der Waals surface area contributed by atoms with Gasteiger partial charge in [0.15, 0.2) is 0 Å². The van der Waals surface area contributed by atoms with Gasteiger partial charge in [0.05, 0.1) is 19.5 Å². The Kier molecular flexibility index (Phi) is 4.04. The normalized spacial score (nSPS) is 10.0. The Bertz CT molecular complexity index is 315. The van der Waals surface area contributed by atoms with E-state index in [0.717, 1.165) is 17.0 Å². The molecule has 0 amide bonds. The van der Waals surface area contributed by atoms with Crippen LogP contribution in [0.25, 0.3) is 0 Å². The summed E-state index contributed by atoms with van der Waals surface area (Å²) in [5, 5.41) is 6.88. The fraction of sp³-hybridized carbons (Fsp3) is 0.400. The molecule has 0 spiro atoms. The summed E-state index contributed by atoms with van der Waals surface area (Å²) >= 11 is 5.94. The van der Waals surface area contributed by atoms with E-state index in [1.54, 1.807) is 7.11 Å². The van der Waals surface area contributed by atoms with Gasteiger partial charge in [0.25, 0.3) is 0 Å². The van der Waals surface area contributed by atoms with Crippen molar-refractivity contribution in [3.05, 3.63) is 22.7 Å². The maximum atomic E-state index is 5.94. The van der Waals surface area contributed by atoms with Gasteiger partial charge in [-0.05, 0) is 31.7 Å². The van der Waals surface area contributed by atoms with Gasteiger partial charge in [-0.3, -0.25) is 0 Å². The van der Waals surface area contributed by atoms with Crippen LogP contribution in [-0.4, -0.2) is 20.8 Å². The molecule has 0 unspecified atom stereocenters. The maximum Gasteiger partial charge on any atom is 0.144 e. The lowest BCUT2D eigenvalue weighted by molar-refractivity contribution is 0.413. The van der Waals surface area contributed by atoms with E-state index in [1.165, 1.54) is 0 Å². The molecular formula is C10H15ClN2O. The van der Waals surface area contributed by atoms with Gasteiger partial charge in [-0.2, -0.15) is 0 Å². The zero-order valence-corrected chi connectivity index (χ0v) is 9.40. The van der Waals surface area contributed by atoms with Crippen LogP contribution >= 0.6 is 11.6 Å². The second-order valence-electron chi connectivity index (χ2n) is 3.01. The molecule has 0 atom stereocenters. The minimum Gasteiger partial charge on any atom is -0.494 e. The van der Waals surface area contributed by atoms with Crippen LogP contribution in [0.15, 0.2) is 12.1 Å². The number of ether oxygens (including phenoxy) is 1. The molecule has 78 valence electrons. The van der Waals surface area contributed by atoms with Crippen molar-refractivity contribution in [3.8, 4) is 5.75 Å². The summed E-state index contributed by atoms with van der Waals surface area (Å²) in [6, 6.07) is 3.73. The van der Waals surface area contributed by atoms with Gasteiger partial charge in [-0.15, -0.1) is 0 Å². The molecule has 0 bridgehead atoms. The van der Waals surface area contributed by atoms with Gasteiger partial charge in [0.2, 0.25) is 0 Å². The summed E-state index contributed by atoms with van der Waals surface area (Å²) in [7, 11) is 3.53. The number of aryl methyl sites for hydroxylation is 1. The van der Waals surface area contributed by atoms with Crippen molar-refractivity contribution in [1.29, 1.82) is 0 Å². The first-order valence-electron chi connectivity index (χ1n) is 4.41. The molecule has 3 nitrogen and oxygen atoms in total. The van der Waals surface area contributed by atoms with Crippen molar-refractivity contribution in [1.82, 2.24) is 5.32 Å². The molecule has 0 heterocycles. The molecule has 4 heteroatoms. The van der Waals surface area contributed by atoms with E-state index in [0.29, 0.717) is 11.7 Å². The van der Waals surface area contributed by atoms with E-state index in [9.17, 15) is 0 Å². The highest BCUT2D eigenvalue weighted by molar-refractivity contribution is 6.31. The van der Waals surface area contributed by atoms with Gasteiger partial charge in [0.1, 0.15) is 5.75 Å². The lowest BCUT2D eigenvalue weighted by Gasteiger charge is -2.13. The lowest BCUT2D eigenvalue weighted by Crippen LogP contribution is -2.17. The minimum absolute atomic E-state index is 0.677. The predicted octanol–water partition coefficient (Wildman–Crippen LogP) is 2.25. The van der Waals surface area contributed by atoms with Crippen molar-refractivity contribution in [2.75, 3.05) is 26.1 Å². The number of halogens is 1. The molecule has 1 aromatic rings. The average molecular weight is 215 g/mol. The van der Waals surface area contributed by atoms with Crippen molar-refractivity contribution in [3.63, 3.8) is 0 Å². The summed E-state index contributed by atoms with van der Waals surface area (Å²) in [6.07, 6.45) is 0. The molecule has 14 heavy (non-hydrogen) atoms. The van der Waals surface area contributed by atoms with Crippen molar-refractivity contribution in [2.45, 2.75) is 6.92 Å². The molecule has 0 aliphatic rings. The van der Waals surface area contributed by atoms with Crippen molar-refractivity contribution in [2.24, 2.45) is 0 Å². The topological polar surface area (TPSA) is 33.3 Å². The average Bonchev–Trinajstić information content (AvgIpc) is 2.14. The molecular weight excluding hydrogens is 200 g/mol. The van der Waals surface area contributed by atoms with E-state index < -0.39 is 0 Å². The number of anilines is 1. The fourth-order valence-corrected chi connectivity index (χ4v) is 1.59. The highest BCUT2D eigenvalue weighted by Crippen LogP contribution is 2.31. The van der Waals surface area contributed by atoms with Crippen LogP contribution in [0.3, 0.4) is 0 Å². The van der Waals surface area contributed by atoms with Crippen LogP contribution in [0.2, 0.25) is 5.02 Å². The molecule has 0 aromatic heterocycles. The number of hydrogen-bond donors (Lipinski definition) is 2. The largest absolute Gasteiger partial charge is 0.494 e. The number of benzene rings is 1. The Hall–Kier alpha value is -0.930. The Labute approximate surface area is 89.4 Å². The summed E-state index contributed by atoms with van der Waals surface area (Å²) in [4.78, 5) is 0. The van der Waals surface area contributed by atoms with Gasteiger partial charge in [-0.1, -0.05) is 11.6 Å². The highest BCUT2D eigenvalue weighted by atomic mass is 35.5. The van der Waals surface area contributed by atoms with E-state index in [4.69, 9.17) is 16.3 Å². The van der Waals surface area contributed by atoms with Gasteiger partial charge in [0, 0.05) is 5.02 Å². The number of rotatable bonds is 4. The van der Waals surface area contributed by atoms with E-state index in [-0.39, 0.29) is 0 Å². The first kappa shape index (κ1) is 11.1. The summed E-state index contributed by atoms with van der Waals surface area (Å²) in [5.41, 5.74) is 1.94. The third kappa shape index (κ3) is 2.53. The van der Waals surface area contributed by atoms with Crippen molar-refractivity contribution >= 4 is 17.3 Å². The zero-order chi connectivity index (χ0) is 10.6. The second kappa shape index (κ2) is 5.08. The third-order valence-electron chi connectivity index (χ3n) is 1.90.